The summed E-state index contributed by atoms with van der Waals surface area (Å²) in [6.45, 7) is 6.81. The first-order valence-corrected chi connectivity index (χ1v) is 13.0. The van der Waals surface area contributed by atoms with Gasteiger partial charge >= 0.3 is 0 Å². The summed E-state index contributed by atoms with van der Waals surface area (Å²) in [5, 5.41) is 3.24. The monoisotopic (exact) mass is 513 g/mol. The smallest absolute Gasteiger partial charge is 0.244 e. The van der Waals surface area contributed by atoms with E-state index in [1.54, 1.807) is 6.92 Å². The summed E-state index contributed by atoms with van der Waals surface area (Å²) < 4.78 is 26.0. The van der Waals surface area contributed by atoms with Gasteiger partial charge in [0.25, 0.3) is 0 Å². The molecule has 0 aliphatic carbocycles. The van der Waals surface area contributed by atoms with Crippen molar-refractivity contribution in [2.24, 2.45) is 0 Å². The van der Waals surface area contributed by atoms with Gasteiger partial charge in [-0.3, -0.25) is 13.9 Å². The third-order valence-corrected chi connectivity index (χ3v) is 6.56. The minimum atomic E-state index is -3.87. The topological polar surface area (TPSA) is 86.8 Å². The number of amides is 2. The second-order valence-electron chi connectivity index (χ2n) is 8.22. The maximum atomic E-state index is 13.4. The van der Waals surface area contributed by atoms with E-state index in [9.17, 15) is 18.0 Å². The van der Waals surface area contributed by atoms with E-state index in [1.165, 1.54) is 23.1 Å². The number of rotatable bonds is 9. The quantitative estimate of drug-likeness (QED) is 0.548. The van der Waals surface area contributed by atoms with Crippen molar-refractivity contribution in [2.45, 2.75) is 46.3 Å². The fourth-order valence-corrected chi connectivity index (χ4v) is 4.70. The zero-order chi connectivity index (χ0) is 24.9. The molecular formula is C23H29Cl2N3O4S. The average Bonchev–Trinajstić information content (AvgIpc) is 2.69. The summed E-state index contributed by atoms with van der Waals surface area (Å²) in [4.78, 5) is 27.5. The summed E-state index contributed by atoms with van der Waals surface area (Å²) in [7, 11) is -3.87. The molecule has 0 fully saturated rings. The van der Waals surface area contributed by atoms with E-state index in [0.717, 1.165) is 21.7 Å². The van der Waals surface area contributed by atoms with Crippen LogP contribution in [-0.4, -0.2) is 50.0 Å². The first-order chi connectivity index (χ1) is 15.3. The molecular weight excluding hydrogens is 485 g/mol. The molecule has 0 saturated carbocycles. The van der Waals surface area contributed by atoms with Gasteiger partial charge in [0.15, 0.2) is 0 Å². The lowest BCUT2D eigenvalue weighted by Gasteiger charge is -2.32. The lowest BCUT2D eigenvalue weighted by Crippen LogP contribution is -2.52. The summed E-state index contributed by atoms with van der Waals surface area (Å²) in [5.41, 5.74) is 1.96. The number of halogens is 2. The predicted molar refractivity (Wildman–Crippen MR) is 133 cm³/mol. The zero-order valence-electron chi connectivity index (χ0n) is 19.3. The van der Waals surface area contributed by atoms with Crippen molar-refractivity contribution >= 4 is 50.7 Å². The highest BCUT2D eigenvalue weighted by molar-refractivity contribution is 7.92. The number of carbonyl (C=O) groups is 2. The summed E-state index contributed by atoms with van der Waals surface area (Å²) in [6, 6.07) is 11.0. The number of hydrogen-bond donors (Lipinski definition) is 1. The predicted octanol–water partition coefficient (Wildman–Crippen LogP) is 4.01. The number of nitrogens with zero attached hydrogens (tertiary/aromatic N) is 2. The number of anilines is 1. The molecule has 2 rings (SSSR count). The Morgan fingerprint density at radius 2 is 1.73 bits per heavy atom. The highest BCUT2D eigenvalue weighted by Gasteiger charge is 2.31. The molecule has 0 radical (unpaired) electrons. The van der Waals surface area contributed by atoms with E-state index in [4.69, 9.17) is 23.2 Å². The summed E-state index contributed by atoms with van der Waals surface area (Å²) in [6.07, 6.45) is 0.991. The molecule has 33 heavy (non-hydrogen) atoms. The largest absolute Gasteiger partial charge is 0.352 e. The van der Waals surface area contributed by atoms with E-state index in [-0.39, 0.29) is 29.2 Å². The molecule has 1 atom stereocenters. The first kappa shape index (κ1) is 27.0. The second kappa shape index (κ2) is 11.2. The van der Waals surface area contributed by atoms with Crippen LogP contribution in [0.2, 0.25) is 10.0 Å². The highest BCUT2D eigenvalue weighted by Crippen LogP contribution is 2.30. The van der Waals surface area contributed by atoms with Gasteiger partial charge in [-0.1, -0.05) is 53.0 Å². The van der Waals surface area contributed by atoms with Crippen LogP contribution in [-0.2, 0) is 26.2 Å². The average molecular weight is 514 g/mol. The number of sulfonamides is 1. The van der Waals surface area contributed by atoms with Crippen molar-refractivity contribution in [3.8, 4) is 0 Å². The molecule has 0 aliphatic rings. The van der Waals surface area contributed by atoms with E-state index in [2.05, 4.69) is 5.32 Å². The molecule has 10 heteroatoms. The van der Waals surface area contributed by atoms with Crippen LogP contribution in [0.15, 0.2) is 42.5 Å². The van der Waals surface area contributed by atoms with Crippen LogP contribution in [0.1, 0.15) is 31.9 Å². The number of hydrogen-bond acceptors (Lipinski definition) is 4. The van der Waals surface area contributed by atoms with Crippen molar-refractivity contribution in [2.75, 3.05) is 17.1 Å². The van der Waals surface area contributed by atoms with Crippen LogP contribution in [0.4, 0.5) is 5.69 Å². The highest BCUT2D eigenvalue weighted by atomic mass is 35.5. The Balaban J connectivity index is 2.42. The number of carbonyl (C=O) groups excluding carboxylic acids is 2. The molecule has 180 valence electrons. The lowest BCUT2D eigenvalue weighted by molar-refractivity contribution is -0.139. The van der Waals surface area contributed by atoms with Crippen LogP contribution in [0.5, 0.6) is 0 Å². The minimum absolute atomic E-state index is 0.0940. The van der Waals surface area contributed by atoms with Crippen molar-refractivity contribution in [1.82, 2.24) is 10.2 Å². The maximum Gasteiger partial charge on any atom is 0.244 e. The van der Waals surface area contributed by atoms with E-state index >= 15 is 0 Å². The Hall–Kier alpha value is -2.29. The van der Waals surface area contributed by atoms with Crippen molar-refractivity contribution in [3.63, 3.8) is 0 Å². The maximum absolute atomic E-state index is 13.4. The number of benzene rings is 2. The van der Waals surface area contributed by atoms with Gasteiger partial charge in [-0.05, 0) is 51.5 Å². The molecule has 2 aromatic rings. The van der Waals surface area contributed by atoms with Gasteiger partial charge in [-0.15, -0.1) is 0 Å². The van der Waals surface area contributed by atoms with Crippen LogP contribution < -0.4 is 9.62 Å². The van der Waals surface area contributed by atoms with Crippen molar-refractivity contribution < 1.29 is 18.0 Å². The molecule has 0 aliphatic heterocycles. The van der Waals surface area contributed by atoms with Crippen LogP contribution in [0.3, 0.4) is 0 Å². The third-order valence-electron chi connectivity index (χ3n) is 4.89. The Morgan fingerprint density at radius 3 is 2.27 bits per heavy atom. The molecule has 0 spiro atoms. The Bertz CT molecular complexity index is 1120. The summed E-state index contributed by atoms with van der Waals surface area (Å²) >= 11 is 12.2. The van der Waals surface area contributed by atoms with E-state index in [0.29, 0.717) is 5.02 Å². The van der Waals surface area contributed by atoms with Crippen LogP contribution in [0, 0.1) is 6.92 Å². The first-order valence-electron chi connectivity index (χ1n) is 10.4. The third kappa shape index (κ3) is 7.62. The van der Waals surface area contributed by atoms with Gasteiger partial charge in [0.1, 0.15) is 12.6 Å². The molecule has 7 nitrogen and oxygen atoms in total. The minimum Gasteiger partial charge on any atom is -0.352 e. The Kier molecular flexibility index (Phi) is 9.17. The molecule has 0 saturated heterocycles. The molecule has 2 aromatic carbocycles. The number of aryl methyl sites for hydroxylation is 1. The molecule has 0 unspecified atom stereocenters. The van der Waals surface area contributed by atoms with Gasteiger partial charge in [0, 0.05) is 17.6 Å². The van der Waals surface area contributed by atoms with Gasteiger partial charge in [-0.25, -0.2) is 8.42 Å². The molecule has 1 N–H and O–H groups in total. The summed E-state index contributed by atoms with van der Waals surface area (Å²) in [5.74, 6) is -0.874. The molecule has 2 amide bonds. The molecule has 0 aromatic heterocycles. The van der Waals surface area contributed by atoms with Crippen LogP contribution in [0.25, 0.3) is 0 Å². The van der Waals surface area contributed by atoms with Crippen molar-refractivity contribution in [1.29, 1.82) is 0 Å². The zero-order valence-corrected chi connectivity index (χ0v) is 21.6. The standard InChI is InChI=1S/C23H29Cl2N3O4S/c1-15(2)26-23(30)17(4)27(13-18-8-6-7-16(3)11-18)22(29)14-28(33(5,31)32)21-10-9-19(24)12-20(21)25/h6-12,15,17H,13-14H2,1-5H3,(H,26,30)/t17-/m1/s1. The van der Waals surface area contributed by atoms with E-state index in [1.807, 2.05) is 45.0 Å². The molecule has 0 heterocycles. The van der Waals surface area contributed by atoms with Crippen molar-refractivity contribution in [3.05, 3.63) is 63.6 Å². The van der Waals surface area contributed by atoms with Crippen LogP contribution >= 0.6 is 23.2 Å². The normalized spacial score (nSPS) is 12.4. The van der Waals surface area contributed by atoms with Gasteiger partial charge < -0.3 is 10.2 Å². The Morgan fingerprint density at radius 1 is 1.06 bits per heavy atom. The second-order valence-corrected chi connectivity index (χ2v) is 11.0. The van der Waals surface area contributed by atoms with Gasteiger partial charge in [-0.2, -0.15) is 0 Å². The lowest BCUT2D eigenvalue weighted by atomic mass is 10.1. The van der Waals surface area contributed by atoms with E-state index < -0.39 is 28.5 Å². The SMILES string of the molecule is Cc1cccc(CN(C(=O)CN(c2ccc(Cl)cc2Cl)S(C)(=O)=O)[C@H](C)C(=O)NC(C)C)c1. The fourth-order valence-electron chi connectivity index (χ4n) is 3.27. The number of nitrogens with one attached hydrogen (secondary N) is 1. The van der Waals surface area contributed by atoms with Gasteiger partial charge in [0.2, 0.25) is 21.8 Å². The molecule has 0 bridgehead atoms. The fraction of sp³-hybridized carbons (Fsp3) is 0.391. The van der Waals surface area contributed by atoms with Gasteiger partial charge in [0.05, 0.1) is 17.0 Å². The Labute approximate surface area is 205 Å².